The minimum atomic E-state index is -3.11. The quantitative estimate of drug-likeness (QED) is 0.641. The lowest BCUT2D eigenvalue weighted by atomic mass is 9.84. The number of hydrogen-bond acceptors (Lipinski definition) is 3. The maximum atomic E-state index is 12.1. The molecule has 2 N–H and O–H groups in total. The van der Waals surface area contributed by atoms with Crippen LogP contribution >= 0.6 is 0 Å². The van der Waals surface area contributed by atoms with Crippen LogP contribution in [0, 0.1) is 17.8 Å². The van der Waals surface area contributed by atoms with Crippen LogP contribution in [0.3, 0.4) is 0 Å². The number of sulfonamides is 1. The van der Waals surface area contributed by atoms with E-state index in [-0.39, 0.29) is 11.8 Å². The van der Waals surface area contributed by atoms with Crippen molar-refractivity contribution in [2.45, 2.75) is 58.4 Å². The molecule has 0 aromatic carbocycles. The topological polar surface area (TPSA) is 58.2 Å². The average Bonchev–Trinajstić information content (AvgIpc) is 3.00. The Balaban J connectivity index is 1.71. The summed E-state index contributed by atoms with van der Waals surface area (Å²) in [7, 11) is -3.11. The van der Waals surface area contributed by atoms with E-state index in [4.69, 9.17) is 0 Å². The third kappa shape index (κ3) is 4.43. The van der Waals surface area contributed by atoms with Gasteiger partial charge in [0, 0.05) is 6.04 Å². The molecule has 2 rings (SSSR count). The predicted octanol–water partition coefficient (Wildman–Crippen LogP) is 2.12. The van der Waals surface area contributed by atoms with E-state index in [1.807, 2.05) is 0 Å². The zero-order valence-corrected chi connectivity index (χ0v) is 13.7. The van der Waals surface area contributed by atoms with Crippen LogP contribution < -0.4 is 10.0 Å². The van der Waals surface area contributed by atoms with E-state index in [0.717, 1.165) is 31.3 Å². The first-order chi connectivity index (χ1) is 9.52. The fourth-order valence-corrected chi connectivity index (χ4v) is 5.41. The lowest BCUT2D eigenvalue weighted by Crippen LogP contribution is -2.41. The summed E-state index contributed by atoms with van der Waals surface area (Å²) < 4.78 is 27.1. The van der Waals surface area contributed by atoms with Crippen LogP contribution in [0.2, 0.25) is 0 Å². The van der Waals surface area contributed by atoms with Gasteiger partial charge in [0.05, 0.1) is 5.75 Å². The highest BCUT2D eigenvalue weighted by atomic mass is 32.2. The summed E-state index contributed by atoms with van der Waals surface area (Å²) in [6.45, 7) is 5.92. The first-order valence-corrected chi connectivity index (χ1v) is 9.87. The second-order valence-electron chi connectivity index (χ2n) is 6.67. The second kappa shape index (κ2) is 7.23. The Morgan fingerprint density at radius 3 is 2.60 bits per heavy atom. The molecule has 4 atom stereocenters. The molecule has 2 saturated carbocycles. The van der Waals surface area contributed by atoms with Gasteiger partial charge in [0.15, 0.2) is 0 Å². The van der Waals surface area contributed by atoms with E-state index in [2.05, 4.69) is 23.9 Å². The molecule has 2 aliphatic carbocycles. The van der Waals surface area contributed by atoms with Crippen LogP contribution in [0.1, 0.15) is 52.4 Å². The van der Waals surface area contributed by atoms with Crippen LogP contribution in [0.25, 0.3) is 0 Å². The maximum Gasteiger partial charge on any atom is 0.211 e. The first kappa shape index (κ1) is 16.2. The van der Waals surface area contributed by atoms with Crippen molar-refractivity contribution in [1.82, 2.24) is 10.0 Å². The van der Waals surface area contributed by atoms with E-state index in [0.29, 0.717) is 12.3 Å². The molecule has 2 bridgehead atoms. The SMILES string of the molecule is CCCNCCCS(=O)(=O)NC(C)C1CC2CCC1C2. The van der Waals surface area contributed by atoms with Crippen LogP contribution in [0.15, 0.2) is 0 Å². The molecule has 4 unspecified atom stereocenters. The van der Waals surface area contributed by atoms with E-state index >= 15 is 0 Å². The summed E-state index contributed by atoms with van der Waals surface area (Å²) >= 11 is 0. The summed E-state index contributed by atoms with van der Waals surface area (Å²) in [4.78, 5) is 0. The average molecular weight is 302 g/mol. The van der Waals surface area contributed by atoms with Gasteiger partial charge in [-0.1, -0.05) is 13.3 Å². The van der Waals surface area contributed by atoms with Crippen LogP contribution in [-0.4, -0.2) is 33.3 Å². The Morgan fingerprint density at radius 2 is 2.00 bits per heavy atom. The summed E-state index contributed by atoms with van der Waals surface area (Å²) in [6.07, 6.45) is 7.02. The van der Waals surface area contributed by atoms with Gasteiger partial charge in [-0.3, -0.25) is 0 Å². The van der Waals surface area contributed by atoms with Gasteiger partial charge in [0.2, 0.25) is 10.0 Å². The normalized spacial score (nSPS) is 30.8. The van der Waals surface area contributed by atoms with Crippen molar-refractivity contribution >= 4 is 10.0 Å². The van der Waals surface area contributed by atoms with E-state index in [9.17, 15) is 8.42 Å². The van der Waals surface area contributed by atoms with E-state index in [1.165, 1.54) is 25.7 Å². The maximum absolute atomic E-state index is 12.1. The van der Waals surface area contributed by atoms with E-state index < -0.39 is 10.0 Å². The number of fused-ring (bicyclic) bond motifs is 2. The van der Waals surface area contributed by atoms with Crippen molar-refractivity contribution in [2.24, 2.45) is 17.8 Å². The first-order valence-electron chi connectivity index (χ1n) is 8.22. The van der Waals surface area contributed by atoms with Gasteiger partial charge < -0.3 is 5.32 Å². The van der Waals surface area contributed by atoms with Crippen LogP contribution in [0.5, 0.6) is 0 Å². The number of rotatable bonds is 9. The zero-order valence-electron chi connectivity index (χ0n) is 12.9. The Labute approximate surface area is 124 Å². The Bertz CT molecular complexity index is 397. The third-order valence-corrected chi connectivity index (χ3v) is 6.55. The number of nitrogens with one attached hydrogen (secondary N) is 2. The lowest BCUT2D eigenvalue weighted by Gasteiger charge is -2.28. The highest BCUT2D eigenvalue weighted by molar-refractivity contribution is 7.89. The van der Waals surface area contributed by atoms with Gasteiger partial charge in [0.1, 0.15) is 0 Å². The fraction of sp³-hybridized carbons (Fsp3) is 1.00. The van der Waals surface area contributed by atoms with Crippen molar-refractivity contribution in [3.63, 3.8) is 0 Å². The highest BCUT2D eigenvalue weighted by Crippen LogP contribution is 2.49. The molecule has 0 saturated heterocycles. The Kier molecular flexibility index (Phi) is 5.87. The van der Waals surface area contributed by atoms with Crippen LogP contribution in [-0.2, 0) is 10.0 Å². The molecule has 0 heterocycles. The molecule has 4 nitrogen and oxygen atoms in total. The summed E-state index contributed by atoms with van der Waals surface area (Å²) in [5, 5.41) is 3.25. The molecule has 0 aromatic heterocycles. The second-order valence-corrected chi connectivity index (χ2v) is 8.54. The summed E-state index contributed by atoms with van der Waals surface area (Å²) in [5.74, 6) is 2.45. The van der Waals surface area contributed by atoms with Gasteiger partial charge in [-0.2, -0.15) is 0 Å². The molecule has 0 radical (unpaired) electrons. The van der Waals surface area contributed by atoms with Gasteiger partial charge in [0.25, 0.3) is 0 Å². The van der Waals surface area contributed by atoms with Crippen molar-refractivity contribution in [3.8, 4) is 0 Å². The highest BCUT2D eigenvalue weighted by Gasteiger charge is 2.42. The van der Waals surface area contributed by atoms with Crippen molar-refractivity contribution in [3.05, 3.63) is 0 Å². The molecular weight excluding hydrogens is 272 g/mol. The molecule has 5 heteroatoms. The molecule has 20 heavy (non-hydrogen) atoms. The van der Waals surface area contributed by atoms with Crippen molar-refractivity contribution in [2.75, 3.05) is 18.8 Å². The Morgan fingerprint density at radius 1 is 1.20 bits per heavy atom. The zero-order chi connectivity index (χ0) is 14.6. The standard InChI is InChI=1S/C15H30N2O2S/c1-3-7-16-8-4-9-20(18,19)17-12(2)15-11-13-5-6-14(15)10-13/h12-17H,3-11H2,1-2H3. The number of hydrogen-bond donors (Lipinski definition) is 2. The summed E-state index contributed by atoms with van der Waals surface area (Å²) in [5.41, 5.74) is 0. The largest absolute Gasteiger partial charge is 0.317 e. The minimum Gasteiger partial charge on any atom is -0.317 e. The molecule has 0 amide bonds. The monoisotopic (exact) mass is 302 g/mol. The fourth-order valence-electron chi connectivity index (χ4n) is 4.02. The lowest BCUT2D eigenvalue weighted by molar-refractivity contribution is 0.280. The van der Waals surface area contributed by atoms with E-state index in [1.54, 1.807) is 0 Å². The van der Waals surface area contributed by atoms with Gasteiger partial charge in [-0.05, 0) is 69.9 Å². The summed E-state index contributed by atoms with van der Waals surface area (Å²) in [6, 6.07) is 0.110. The van der Waals surface area contributed by atoms with Crippen molar-refractivity contribution in [1.29, 1.82) is 0 Å². The predicted molar refractivity (Wildman–Crippen MR) is 83.1 cm³/mol. The Hall–Kier alpha value is -0.130. The minimum absolute atomic E-state index is 0.110. The molecule has 0 aromatic rings. The molecule has 118 valence electrons. The van der Waals surface area contributed by atoms with Gasteiger partial charge >= 0.3 is 0 Å². The molecule has 0 aliphatic heterocycles. The smallest absolute Gasteiger partial charge is 0.211 e. The van der Waals surface area contributed by atoms with Crippen molar-refractivity contribution < 1.29 is 8.42 Å². The van der Waals surface area contributed by atoms with Crippen LogP contribution in [0.4, 0.5) is 0 Å². The van der Waals surface area contributed by atoms with Gasteiger partial charge in [-0.25, -0.2) is 13.1 Å². The van der Waals surface area contributed by atoms with Gasteiger partial charge in [-0.15, -0.1) is 0 Å². The molecule has 2 fully saturated rings. The molecule has 2 aliphatic rings. The molecular formula is C15H30N2O2S. The molecule has 0 spiro atoms. The third-order valence-electron chi connectivity index (χ3n) is 4.99.